The van der Waals surface area contributed by atoms with Crippen LogP contribution in [0.4, 0.5) is 0 Å². The van der Waals surface area contributed by atoms with Crippen molar-refractivity contribution in [1.82, 2.24) is 4.90 Å². The van der Waals surface area contributed by atoms with Gasteiger partial charge in [0.1, 0.15) is 0 Å². The Morgan fingerprint density at radius 3 is 2.67 bits per heavy atom. The molecule has 1 aromatic heterocycles. The first-order valence-electron chi connectivity index (χ1n) is 7.12. The standard InChI is InChI=1S/C16H17NO3S/c18-15(19)9-11-5-7-17(8-6-11)16(20)13-10-21-14-4-2-1-3-12(13)14/h1-4,10-11H,5-9H2,(H,18,19). The van der Waals surface area contributed by atoms with Crippen molar-refractivity contribution in [2.24, 2.45) is 5.92 Å². The number of likely N-dealkylation sites (tertiary alicyclic amines) is 1. The number of rotatable bonds is 3. The van der Waals surface area contributed by atoms with Crippen LogP contribution in [0.5, 0.6) is 0 Å². The monoisotopic (exact) mass is 303 g/mol. The number of fused-ring (bicyclic) bond motifs is 1. The lowest BCUT2D eigenvalue weighted by Gasteiger charge is -2.31. The van der Waals surface area contributed by atoms with Crippen molar-refractivity contribution in [3.8, 4) is 0 Å². The molecule has 0 saturated carbocycles. The smallest absolute Gasteiger partial charge is 0.303 e. The molecule has 4 nitrogen and oxygen atoms in total. The van der Waals surface area contributed by atoms with Gasteiger partial charge >= 0.3 is 5.97 Å². The summed E-state index contributed by atoms with van der Waals surface area (Å²) in [5.41, 5.74) is 0.771. The second kappa shape index (κ2) is 5.85. The van der Waals surface area contributed by atoms with Gasteiger partial charge in [0.25, 0.3) is 5.91 Å². The van der Waals surface area contributed by atoms with Gasteiger partial charge in [-0.1, -0.05) is 18.2 Å². The number of hydrogen-bond donors (Lipinski definition) is 1. The fourth-order valence-electron chi connectivity index (χ4n) is 2.90. The van der Waals surface area contributed by atoms with Gasteiger partial charge in [-0.2, -0.15) is 0 Å². The highest BCUT2D eigenvalue weighted by Gasteiger charge is 2.26. The van der Waals surface area contributed by atoms with Crippen molar-refractivity contribution in [1.29, 1.82) is 0 Å². The van der Waals surface area contributed by atoms with Gasteiger partial charge in [-0.25, -0.2) is 0 Å². The Morgan fingerprint density at radius 2 is 1.95 bits per heavy atom. The summed E-state index contributed by atoms with van der Waals surface area (Å²) < 4.78 is 1.13. The molecule has 0 unspecified atom stereocenters. The highest BCUT2D eigenvalue weighted by molar-refractivity contribution is 7.17. The number of carbonyl (C=O) groups is 2. The highest BCUT2D eigenvalue weighted by atomic mass is 32.1. The van der Waals surface area contributed by atoms with Crippen LogP contribution >= 0.6 is 11.3 Å². The molecule has 0 aliphatic carbocycles. The average molecular weight is 303 g/mol. The third-order valence-corrected chi connectivity index (χ3v) is 5.04. The van der Waals surface area contributed by atoms with E-state index in [2.05, 4.69) is 0 Å². The summed E-state index contributed by atoms with van der Waals surface area (Å²) in [6.07, 6.45) is 1.77. The van der Waals surface area contributed by atoms with Crippen LogP contribution in [0.1, 0.15) is 29.6 Å². The van der Waals surface area contributed by atoms with E-state index in [0.29, 0.717) is 13.1 Å². The Morgan fingerprint density at radius 1 is 1.24 bits per heavy atom. The van der Waals surface area contributed by atoms with Crippen molar-refractivity contribution >= 4 is 33.3 Å². The number of carbonyl (C=O) groups excluding carboxylic acids is 1. The lowest BCUT2D eigenvalue weighted by atomic mass is 9.93. The van der Waals surface area contributed by atoms with E-state index in [1.807, 2.05) is 34.5 Å². The molecule has 2 heterocycles. The Hall–Kier alpha value is -1.88. The summed E-state index contributed by atoms with van der Waals surface area (Å²) in [5.74, 6) is -0.476. The minimum Gasteiger partial charge on any atom is -0.481 e. The zero-order valence-electron chi connectivity index (χ0n) is 11.6. The lowest BCUT2D eigenvalue weighted by molar-refractivity contribution is -0.138. The predicted molar refractivity (Wildman–Crippen MR) is 82.7 cm³/mol. The van der Waals surface area contributed by atoms with Gasteiger partial charge in [0.2, 0.25) is 0 Å². The van der Waals surface area contributed by atoms with Crippen LogP contribution in [0.15, 0.2) is 29.6 Å². The number of hydrogen-bond acceptors (Lipinski definition) is 3. The second-order valence-corrected chi connectivity index (χ2v) is 6.39. The molecular weight excluding hydrogens is 286 g/mol. The number of piperidine rings is 1. The van der Waals surface area contributed by atoms with Crippen LogP contribution in [0, 0.1) is 5.92 Å². The van der Waals surface area contributed by atoms with Crippen LogP contribution in [0.2, 0.25) is 0 Å². The maximum absolute atomic E-state index is 12.6. The van der Waals surface area contributed by atoms with Crippen molar-refractivity contribution in [2.75, 3.05) is 13.1 Å². The molecule has 21 heavy (non-hydrogen) atoms. The van der Waals surface area contributed by atoms with Gasteiger partial charge in [-0.05, 0) is 24.8 Å². The normalized spacial score (nSPS) is 16.3. The SMILES string of the molecule is O=C(O)CC1CCN(C(=O)c2csc3ccccc23)CC1. The fourth-order valence-corrected chi connectivity index (χ4v) is 3.84. The number of carboxylic acids is 1. The van der Waals surface area contributed by atoms with Gasteiger partial charge < -0.3 is 10.0 Å². The number of amides is 1. The minimum atomic E-state index is -0.747. The van der Waals surface area contributed by atoms with Crippen LogP contribution in [0.25, 0.3) is 10.1 Å². The predicted octanol–water partition coefficient (Wildman–Crippen LogP) is 3.23. The molecule has 110 valence electrons. The van der Waals surface area contributed by atoms with E-state index < -0.39 is 5.97 Å². The largest absolute Gasteiger partial charge is 0.481 e. The number of aliphatic carboxylic acids is 1. The van der Waals surface area contributed by atoms with Crippen molar-refractivity contribution < 1.29 is 14.7 Å². The summed E-state index contributed by atoms with van der Waals surface area (Å²) in [6, 6.07) is 7.93. The number of thiophene rings is 1. The summed E-state index contributed by atoms with van der Waals surface area (Å²) in [7, 11) is 0. The number of benzene rings is 1. The molecule has 1 aliphatic heterocycles. The van der Waals surface area contributed by atoms with E-state index in [0.717, 1.165) is 28.5 Å². The molecule has 0 spiro atoms. The van der Waals surface area contributed by atoms with Crippen molar-refractivity contribution in [3.63, 3.8) is 0 Å². The molecular formula is C16H17NO3S. The molecule has 1 saturated heterocycles. The maximum Gasteiger partial charge on any atom is 0.303 e. The van der Waals surface area contributed by atoms with Crippen molar-refractivity contribution in [2.45, 2.75) is 19.3 Å². The number of carboxylic acid groups (broad SMARTS) is 1. The number of nitrogens with zero attached hydrogens (tertiary/aromatic N) is 1. The minimum absolute atomic E-state index is 0.0706. The molecule has 1 amide bonds. The highest BCUT2D eigenvalue weighted by Crippen LogP contribution is 2.28. The van der Waals surface area contributed by atoms with Gasteiger partial charge in [0, 0.05) is 35.0 Å². The van der Waals surface area contributed by atoms with E-state index in [1.165, 1.54) is 0 Å². The van der Waals surface area contributed by atoms with Gasteiger partial charge in [0.15, 0.2) is 0 Å². The molecule has 0 bridgehead atoms. The van der Waals surface area contributed by atoms with E-state index in [4.69, 9.17) is 5.11 Å². The topological polar surface area (TPSA) is 57.6 Å². The van der Waals surface area contributed by atoms with Crippen LogP contribution in [-0.4, -0.2) is 35.0 Å². The average Bonchev–Trinajstić information content (AvgIpc) is 2.90. The zero-order chi connectivity index (χ0) is 14.8. The van der Waals surface area contributed by atoms with Crippen LogP contribution in [0.3, 0.4) is 0 Å². The summed E-state index contributed by atoms with van der Waals surface area (Å²) in [5, 5.41) is 11.8. The van der Waals surface area contributed by atoms with E-state index in [1.54, 1.807) is 11.3 Å². The Labute approximate surface area is 127 Å². The third-order valence-electron chi connectivity index (χ3n) is 4.08. The molecule has 0 radical (unpaired) electrons. The lowest BCUT2D eigenvalue weighted by Crippen LogP contribution is -2.38. The summed E-state index contributed by atoms with van der Waals surface area (Å²) >= 11 is 1.59. The van der Waals surface area contributed by atoms with E-state index >= 15 is 0 Å². The molecule has 1 fully saturated rings. The molecule has 1 aliphatic rings. The molecule has 3 rings (SSSR count). The van der Waals surface area contributed by atoms with E-state index in [9.17, 15) is 9.59 Å². The first kappa shape index (κ1) is 14.1. The molecule has 1 N–H and O–H groups in total. The second-order valence-electron chi connectivity index (χ2n) is 5.48. The van der Waals surface area contributed by atoms with Gasteiger partial charge in [0.05, 0.1) is 5.56 Å². The van der Waals surface area contributed by atoms with Crippen molar-refractivity contribution in [3.05, 3.63) is 35.2 Å². The molecule has 0 atom stereocenters. The molecule has 2 aromatic rings. The first-order chi connectivity index (χ1) is 10.1. The maximum atomic E-state index is 12.6. The Bertz CT molecular complexity index is 671. The van der Waals surface area contributed by atoms with Crippen LogP contribution in [-0.2, 0) is 4.79 Å². The van der Waals surface area contributed by atoms with Gasteiger partial charge in [-0.3, -0.25) is 9.59 Å². The molecule has 5 heteroatoms. The molecule has 1 aromatic carbocycles. The quantitative estimate of drug-likeness (QED) is 0.947. The van der Waals surface area contributed by atoms with Crippen LogP contribution < -0.4 is 0 Å². The first-order valence-corrected chi connectivity index (χ1v) is 8.00. The van der Waals surface area contributed by atoms with Gasteiger partial charge in [-0.15, -0.1) is 11.3 Å². The summed E-state index contributed by atoms with van der Waals surface area (Å²) in [6.45, 7) is 1.31. The zero-order valence-corrected chi connectivity index (χ0v) is 12.4. The fraction of sp³-hybridized carbons (Fsp3) is 0.375. The third kappa shape index (κ3) is 2.93. The van der Waals surface area contributed by atoms with E-state index in [-0.39, 0.29) is 18.2 Å². The Balaban J connectivity index is 1.71. The Kier molecular flexibility index (Phi) is 3.92. The summed E-state index contributed by atoms with van der Waals surface area (Å²) in [4.78, 5) is 25.2.